The van der Waals surface area contributed by atoms with E-state index in [1.165, 1.54) is 35.6 Å². The summed E-state index contributed by atoms with van der Waals surface area (Å²) < 4.78 is 0. The van der Waals surface area contributed by atoms with Crippen LogP contribution in [-0.4, -0.2) is 23.8 Å². The minimum Gasteiger partial charge on any atom is -0.355 e. The molecule has 2 aromatic rings. The number of non-ortho nitro benzene ring substituents is 1. The van der Waals surface area contributed by atoms with Crippen molar-refractivity contribution in [1.29, 1.82) is 0 Å². The largest absolute Gasteiger partial charge is 0.355 e. The van der Waals surface area contributed by atoms with Gasteiger partial charge in [0.1, 0.15) is 5.00 Å². The van der Waals surface area contributed by atoms with Crippen LogP contribution in [0.5, 0.6) is 0 Å². The maximum absolute atomic E-state index is 12.5. The van der Waals surface area contributed by atoms with Gasteiger partial charge in [0, 0.05) is 29.6 Å². The van der Waals surface area contributed by atoms with E-state index >= 15 is 0 Å². The topological polar surface area (TPSA) is 101 Å². The summed E-state index contributed by atoms with van der Waals surface area (Å²) in [6.07, 6.45) is 3.81. The zero-order chi connectivity index (χ0) is 18.0. The van der Waals surface area contributed by atoms with Gasteiger partial charge in [0.25, 0.3) is 17.5 Å². The molecule has 0 unspecified atom stereocenters. The van der Waals surface area contributed by atoms with Crippen LogP contribution in [0, 0.1) is 10.1 Å². The van der Waals surface area contributed by atoms with Gasteiger partial charge < -0.3 is 10.6 Å². The Morgan fingerprint density at radius 2 is 1.96 bits per heavy atom. The van der Waals surface area contributed by atoms with Gasteiger partial charge in [0.2, 0.25) is 0 Å². The summed E-state index contributed by atoms with van der Waals surface area (Å²) in [6.45, 7) is 0. The van der Waals surface area contributed by atoms with Crippen molar-refractivity contribution in [3.63, 3.8) is 0 Å². The van der Waals surface area contributed by atoms with E-state index in [1.807, 2.05) is 0 Å². The molecule has 0 aliphatic heterocycles. The molecule has 0 saturated heterocycles. The van der Waals surface area contributed by atoms with Crippen molar-refractivity contribution in [3.8, 4) is 0 Å². The summed E-state index contributed by atoms with van der Waals surface area (Å²) >= 11 is 1.41. The number of amides is 2. The van der Waals surface area contributed by atoms with E-state index in [-0.39, 0.29) is 17.2 Å². The van der Waals surface area contributed by atoms with Crippen molar-refractivity contribution < 1.29 is 14.5 Å². The molecule has 1 aliphatic rings. The first-order chi connectivity index (χ1) is 12.0. The van der Waals surface area contributed by atoms with Crippen LogP contribution in [0.4, 0.5) is 10.7 Å². The number of nitro groups is 1. The summed E-state index contributed by atoms with van der Waals surface area (Å²) in [4.78, 5) is 36.2. The van der Waals surface area contributed by atoms with Crippen molar-refractivity contribution in [2.24, 2.45) is 0 Å². The summed E-state index contributed by atoms with van der Waals surface area (Å²) in [5, 5.41) is 16.8. The average molecular weight is 359 g/mol. The lowest BCUT2D eigenvalue weighted by molar-refractivity contribution is -0.384. The van der Waals surface area contributed by atoms with Crippen LogP contribution in [0.15, 0.2) is 24.3 Å². The lowest BCUT2D eigenvalue weighted by Gasteiger charge is -2.12. The van der Waals surface area contributed by atoms with Crippen molar-refractivity contribution in [2.75, 3.05) is 12.4 Å². The van der Waals surface area contributed by atoms with E-state index in [0.29, 0.717) is 10.6 Å². The summed E-state index contributed by atoms with van der Waals surface area (Å²) in [7, 11) is 1.56. The maximum Gasteiger partial charge on any atom is 0.270 e. The van der Waals surface area contributed by atoms with Gasteiger partial charge in [-0.15, -0.1) is 11.3 Å². The molecule has 0 saturated carbocycles. The van der Waals surface area contributed by atoms with E-state index in [2.05, 4.69) is 10.6 Å². The second-order valence-corrected chi connectivity index (χ2v) is 6.86. The fraction of sp³-hybridized carbons (Fsp3) is 0.294. The molecular weight excluding hydrogens is 342 g/mol. The summed E-state index contributed by atoms with van der Waals surface area (Å²) in [5.41, 5.74) is 1.55. The van der Waals surface area contributed by atoms with E-state index in [4.69, 9.17) is 0 Å². The highest BCUT2D eigenvalue weighted by molar-refractivity contribution is 7.17. The molecule has 0 bridgehead atoms. The highest BCUT2D eigenvalue weighted by Crippen LogP contribution is 2.38. The zero-order valence-corrected chi connectivity index (χ0v) is 14.4. The molecule has 1 heterocycles. The number of fused-ring (bicyclic) bond motifs is 1. The number of rotatable bonds is 4. The van der Waals surface area contributed by atoms with E-state index in [1.54, 1.807) is 7.05 Å². The lowest BCUT2D eigenvalue weighted by Crippen LogP contribution is -2.22. The minimum atomic E-state index is -0.545. The number of benzene rings is 1. The SMILES string of the molecule is CNC(=O)c1c(NC(=O)c2cccc([N+](=O)[O-])c2)sc2c1CCCC2. The molecule has 0 spiro atoms. The third-order valence-corrected chi connectivity index (χ3v) is 5.38. The van der Waals surface area contributed by atoms with Gasteiger partial charge in [-0.05, 0) is 37.3 Å². The Balaban J connectivity index is 1.93. The maximum atomic E-state index is 12.5. The molecule has 25 heavy (non-hydrogen) atoms. The fourth-order valence-electron chi connectivity index (χ4n) is 2.96. The average Bonchev–Trinajstić information content (AvgIpc) is 2.98. The van der Waals surface area contributed by atoms with Gasteiger partial charge in [-0.1, -0.05) is 6.07 Å². The van der Waals surface area contributed by atoms with Gasteiger partial charge in [0.15, 0.2) is 0 Å². The first kappa shape index (κ1) is 17.1. The van der Waals surface area contributed by atoms with Gasteiger partial charge in [0.05, 0.1) is 10.5 Å². The van der Waals surface area contributed by atoms with Gasteiger partial charge in [-0.3, -0.25) is 19.7 Å². The number of nitrogens with zero attached hydrogens (tertiary/aromatic N) is 1. The Kier molecular flexibility index (Phi) is 4.80. The molecule has 7 nitrogen and oxygen atoms in total. The normalized spacial score (nSPS) is 13.0. The highest BCUT2D eigenvalue weighted by Gasteiger charge is 2.26. The predicted molar refractivity (Wildman–Crippen MR) is 95.4 cm³/mol. The van der Waals surface area contributed by atoms with Gasteiger partial charge >= 0.3 is 0 Å². The number of thiophene rings is 1. The zero-order valence-electron chi connectivity index (χ0n) is 13.6. The van der Waals surface area contributed by atoms with Crippen LogP contribution in [0.2, 0.25) is 0 Å². The second-order valence-electron chi connectivity index (χ2n) is 5.76. The highest BCUT2D eigenvalue weighted by atomic mass is 32.1. The molecule has 1 aliphatic carbocycles. The van der Waals surface area contributed by atoms with Crippen molar-refractivity contribution >= 4 is 33.8 Å². The smallest absolute Gasteiger partial charge is 0.270 e. The molecule has 1 aromatic heterocycles. The molecule has 8 heteroatoms. The Hall–Kier alpha value is -2.74. The third-order valence-electron chi connectivity index (χ3n) is 4.17. The number of nitro benzene ring substituents is 1. The molecule has 2 N–H and O–H groups in total. The van der Waals surface area contributed by atoms with Crippen LogP contribution in [0.25, 0.3) is 0 Å². The molecule has 0 atom stereocenters. The Morgan fingerprint density at radius 3 is 2.68 bits per heavy atom. The van der Waals surface area contributed by atoms with Gasteiger partial charge in [-0.2, -0.15) is 0 Å². The molecule has 1 aromatic carbocycles. The summed E-state index contributed by atoms with van der Waals surface area (Å²) in [6, 6.07) is 5.53. The molecule has 0 radical (unpaired) electrons. The molecule has 2 amide bonds. The standard InChI is InChI=1S/C17H17N3O4S/c1-18-16(22)14-12-7-2-3-8-13(12)25-17(14)19-15(21)10-5-4-6-11(9-10)20(23)24/h4-6,9H,2-3,7-8H2,1H3,(H,18,22)(H,19,21). The van der Waals surface area contributed by atoms with Crippen LogP contribution in [0.1, 0.15) is 44.0 Å². The fourth-order valence-corrected chi connectivity index (χ4v) is 4.24. The van der Waals surface area contributed by atoms with Crippen molar-refractivity contribution in [1.82, 2.24) is 5.32 Å². The third kappa shape index (κ3) is 3.39. The number of hydrogen-bond acceptors (Lipinski definition) is 5. The second kappa shape index (κ2) is 7.02. The summed E-state index contributed by atoms with van der Waals surface area (Å²) in [5.74, 6) is -0.693. The Bertz CT molecular complexity index is 860. The number of aryl methyl sites for hydroxylation is 1. The minimum absolute atomic E-state index is 0.148. The number of anilines is 1. The van der Waals surface area contributed by atoms with Crippen LogP contribution >= 0.6 is 11.3 Å². The lowest BCUT2D eigenvalue weighted by atomic mass is 9.95. The number of carbonyl (C=O) groups excluding carboxylic acids is 2. The number of hydrogen-bond donors (Lipinski definition) is 2. The van der Waals surface area contributed by atoms with E-state index in [9.17, 15) is 19.7 Å². The van der Waals surface area contributed by atoms with E-state index in [0.717, 1.165) is 36.1 Å². The molecule has 130 valence electrons. The molecule has 0 fully saturated rings. The predicted octanol–water partition coefficient (Wildman–Crippen LogP) is 3.15. The van der Waals surface area contributed by atoms with E-state index < -0.39 is 10.8 Å². The quantitative estimate of drug-likeness (QED) is 0.647. The molecular formula is C17H17N3O4S. The first-order valence-electron chi connectivity index (χ1n) is 7.93. The first-order valence-corrected chi connectivity index (χ1v) is 8.75. The monoisotopic (exact) mass is 359 g/mol. The van der Waals surface area contributed by atoms with Crippen molar-refractivity contribution in [3.05, 3.63) is 55.9 Å². The number of nitrogens with one attached hydrogen (secondary N) is 2. The van der Waals surface area contributed by atoms with Crippen molar-refractivity contribution in [2.45, 2.75) is 25.7 Å². The van der Waals surface area contributed by atoms with Crippen LogP contribution in [0.3, 0.4) is 0 Å². The number of carbonyl (C=O) groups is 2. The molecule has 3 rings (SSSR count). The van der Waals surface area contributed by atoms with Gasteiger partial charge in [-0.25, -0.2) is 0 Å². The Labute approximate surface area is 148 Å². The van der Waals surface area contributed by atoms with Crippen LogP contribution in [-0.2, 0) is 12.8 Å². The van der Waals surface area contributed by atoms with Crippen LogP contribution < -0.4 is 10.6 Å². The Morgan fingerprint density at radius 1 is 1.20 bits per heavy atom.